The number of carbonyl (C=O) groups excluding carboxylic acids is 1. The number of nitrogens with zero attached hydrogens (tertiary/aromatic N) is 2. The van der Waals surface area contributed by atoms with Crippen molar-refractivity contribution < 1.29 is 14.7 Å². The molecule has 4 rings (SSSR count). The van der Waals surface area contributed by atoms with Gasteiger partial charge in [0.25, 0.3) is 0 Å². The Bertz CT molecular complexity index is 914. The molecule has 1 atom stereocenters. The lowest BCUT2D eigenvalue weighted by atomic mass is 9.94. The van der Waals surface area contributed by atoms with E-state index in [4.69, 9.17) is 0 Å². The summed E-state index contributed by atoms with van der Waals surface area (Å²) in [4.78, 5) is 28.8. The maximum Gasteiger partial charge on any atom is 0.329 e. The Kier molecular flexibility index (Phi) is 4.73. The van der Waals surface area contributed by atoms with Gasteiger partial charge in [0.05, 0.1) is 6.33 Å². The molecule has 2 N–H and O–H groups in total. The predicted octanol–water partition coefficient (Wildman–Crippen LogP) is 3.39. The van der Waals surface area contributed by atoms with Crippen LogP contribution in [0.4, 0.5) is 5.69 Å². The van der Waals surface area contributed by atoms with Gasteiger partial charge in [0.2, 0.25) is 5.91 Å². The van der Waals surface area contributed by atoms with Gasteiger partial charge in [-0.05, 0) is 81.0 Å². The van der Waals surface area contributed by atoms with Gasteiger partial charge in [-0.2, -0.15) is 0 Å². The molecule has 2 aromatic rings. The highest BCUT2D eigenvalue weighted by atomic mass is 16.4. The van der Waals surface area contributed by atoms with Crippen LogP contribution in [-0.2, 0) is 40.8 Å². The third-order valence-corrected chi connectivity index (χ3v) is 6.39. The number of carboxylic acids is 1. The van der Waals surface area contributed by atoms with E-state index in [0.29, 0.717) is 0 Å². The van der Waals surface area contributed by atoms with Gasteiger partial charge in [0, 0.05) is 24.0 Å². The number of carboxylic acid groups (broad SMARTS) is 1. The molecule has 2 aliphatic rings. The number of carbonyl (C=O) groups is 2. The van der Waals surface area contributed by atoms with Crippen LogP contribution < -0.4 is 5.32 Å². The summed E-state index contributed by atoms with van der Waals surface area (Å²) < 4.78 is 1.64. The lowest BCUT2D eigenvalue weighted by Crippen LogP contribution is -2.40. The second-order valence-corrected chi connectivity index (χ2v) is 8.27. The number of hydrogen-bond donors (Lipinski definition) is 2. The van der Waals surface area contributed by atoms with Gasteiger partial charge in [-0.15, -0.1) is 0 Å². The highest BCUT2D eigenvalue weighted by Crippen LogP contribution is 2.38. The molecule has 0 saturated carbocycles. The largest absolute Gasteiger partial charge is 0.479 e. The molecule has 0 fully saturated rings. The van der Waals surface area contributed by atoms with Gasteiger partial charge in [0.15, 0.2) is 0 Å². The normalized spacial score (nSPS) is 17.1. The topological polar surface area (TPSA) is 84.2 Å². The maximum atomic E-state index is 12.8. The number of aromatic nitrogens is 2. The van der Waals surface area contributed by atoms with Crippen molar-refractivity contribution in [2.45, 2.75) is 70.8 Å². The van der Waals surface area contributed by atoms with Crippen LogP contribution in [0.15, 0.2) is 18.6 Å². The fourth-order valence-corrected chi connectivity index (χ4v) is 4.73. The predicted molar refractivity (Wildman–Crippen MR) is 107 cm³/mol. The molecule has 0 saturated heterocycles. The average molecular weight is 381 g/mol. The summed E-state index contributed by atoms with van der Waals surface area (Å²) in [6, 6.07) is 2.34. The summed E-state index contributed by atoms with van der Waals surface area (Å²) in [6.07, 6.45) is 10.00. The Morgan fingerprint density at radius 3 is 2.36 bits per heavy atom. The molecule has 0 aliphatic heterocycles. The lowest BCUT2D eigenvalue weighted by molar-refractivity contribution is -0.147. The van der Waals surface area contributed by atoms with Gasteiger partial charge in [-0.3, -0.25) is 4.79 Å². The molecular formula is C22H27N3O3. The van der Waals surface area contributed by atoms with Crippen LogP contribution in [0.25, 0.3) is 0 Å². The fraction of sp³-hybridized carbons (Fsp3) is 0.500. The number of fused-ring (bicyclic) bond motifs is 2. The van der Waals surface area contributed by atoms with Gasteiger partial charge in [-0.1, -0.05) is 6.07 Å². The molecule has 0 spiro atoms. The first kappa shape index (κ1) is 18.7. The van der Waals surface area contributed by atoms with E-state index in [9.17, 15) is 14.7 Å². The molecule has 1 amide bonds. The van der Waals surface area contributed by atoms with E-state index in [2.05, 4.69) is 16.4 Å². The van der Waals surface area contributed by atoms with Crippen molar-refractivity contribution in [2.24, 2.45) is 0 Å². The minimum atomic E-state index is -1.20. The first-order valence-electron chi connectivity index (χ1n) is 10.1. The number of anilines is 1. The van der Waals surface area contributed by atoms with Crippen LogP contribution in [-0.4, -0.2) is 26.5 Å². The number of nitrogens with one attached hydrogen (secondary N) is 1. The smallest absolute Gasteiger partial charge is 0.329 e. The van der Waals surface area contributed by atoms with E-state index >= 15 is 0 Å². The third-order valence-electron chi connectivity index (χ3n) is 6.39. The summed E-state index contributed by atoms with van der Waals surface area (Å²) in [5.74, 6) is -1.07. The van der Waals surface area contributed by atoms with Gasteiger partial charge in [0.1, 0.15) is 5.54 Å². The van der Waals surface area contributed by atoms with E-state index < -0.39 is 11.5 Å². The van der Waals surface area contributed by atoms with Gasteiger partial charge >= 0.3 is 5.97 Å². The molecule has 28 heavy (non-hydrogen) atoms. The number of rotatable bonds is 6. The van der Waals surface area contributed by atoms with Crippen molar-refractivity contribution in [1.82, 2.24) is 9.55 Å². The number of hydrogen-bond acceptors (Lipinski definition) is 3. The first-order chi connectivity index (χ1) is 13.4. The van der Waals surface area contributed by atoms with Crippen LogP contribution in [0.5, 0.6) is 0 Å². The Morgan fingerprint density at radius 1 is 1.18 bits per heavy atom. The first-order valence-corrected chi connectivity index (χ1v) is 10.1. The van der Waals surface area contributed by atoms with E-state index in [0.717, 1.165) is 49.9 Å². The monoisotopic (exact) mass is 381 g/mol. The molecule has 6 heteroatoms. The number of aryl methyl sites for hydroxylation is 3. The minimum Gasteiger partial charge on any atom is -0.479 e. The van der Waals surface area contributed by atoms with Crippen LogP contribution in [0.2, 0.25) is 0 Å². The molecule has 1 heterocycles. The van der Waals surface area contributed by atoms with Crippen molar-refractivity contribution in [1.29, 1.82) is 0 Å². The fourth-order valence-electron chi connectivity index (χ4n) is 4.73. The van der Waals surface area contributed by atoms with Crippen LogP contribution in [0.3, 0.4) is 0 Å². The van der Waals surface area contributed by atoms with E-state index in [1.54, 1.807) is 17.7 Å². The zero-order chi connectivity index (χ0) is 19.9. The van der Waals surface area contributed by atoms with E-state index in [1.807, 2.05) is 6.92 Å². The summed E-state index contributed by atoms with van der Waals surface area (Å²) >= 11 is 0. The van der Waals surface area contributed by atoms with Crippen LogP contribution in [0, 0.1) is 6.92 Å². The Hall–Kier alpha value is -2.63. The molecule has 0 radical (unpaired) electrons. The SMILES string of the molecule is Cc1cncn1C(C)(CCC(=O)Nc1c2c(cc3c1CCC3)CCC2)C(=O)O. The molecule has 6 nitrogen and oxygen atoms in total. The number of imidazole rings is 1. The van der Waals surface area contributed by atoms with Crippen molar-refractivity contribution in [2.75, 3.05) is 5.32 Å². The number of benzene rings is 1. The molecule has 148 valence electrons. The van der Waals surface area contributed by atoms with Gasteiger partial charge in [-0.25, -0.2) is 9.78 Å². The molecule has 2 aliphatic carbocycles. The molecule has 1 unspecified atom stereocenters. The standard InChI is InChI=1S/C22H27N3O3/c1-14-12-23-13-25(14)22(2,21(27)28)10-9-19(26)24-20-17-7-3-5-15(17)11-16-6-4-8-18(16)20/h11-13H,3-10H2,1-2H3,(H,24,26)(H,27,28). The Morgan fingerprint density at radius 2 is 1.82 bits per heavy atom. The average Bonchev–Trinajstić information content (AvgIpc) is 3.39. The quantitative estimate of drug-likeness (QED) is 0.803. The molecular weight excluding hydrogens is 354 g/mol. The minimum absolute atomic E-state index is 0.111. The Balaban J connectivity index is 1.53. The highest BCUT2D eigenvalue weighted by molar-refractivity contribution is 5.93. The summed E-state index contributed by atoms with van der Waals surface area (Å²) in [5, 5.41) is 13.0. The van der Waals surface area contributed by atoms with Crippen molar-refractivity contribution in [3.8, 4) is 0 Å². The highest BCUT2D eigenvalue weighted by Gasteiger charge is 2.36. The van der Waals surface area contributed by atoms with Crippen LogP contribution >= 0.6 is 0 Å². The summed E-state index contributed by atoms with van der Waals surface area (Å²) in [7, 11) is 0. The second kappa shape index (κ2) is 7.08. The Labute approximate surface area is 165 Å². The zero-order valence-corrected chi connectivity index (χ0v) is 16.5. The molecule has 0 bridgehead atoms. The third kappa shape index (κ3) is 3.11. The number of amides is 1. The molecule has 1 aromatic heterocycles. The molecule has 1 aromatic carbocycles. The number of aliphatic carboxylic acids is 1. The van der Waals surface area contributed by atoms with E-state index in [-0.39, 0.29) is 18.7 Å². The lowest BCUT2D eigenvalue weighted by Gasteiger charge is -2.27. The van der Waals surface area contributed by atoms with Gasteiger partial charge < -0.3 is 15.0 Å². The van der Waals surface area contributed by atoms with Crippen molar-refractivity contribution in [3.63, 3.8) is 0 Å². The van der Waals surface area contributed by atoms with Crippen molar-refractivity contribution in [3.05, 3.63) is 46.5 Å². The maximum absolute atomic E-state index is 12.8. The summed E-state index contributed by atoms with van der Waals surface area (Å²) in [5.41, 5.74) is 5.92. The zero-order valence-electron chi connectivity index (χ0n) is 16.5. The van der Waals surface area contributed by atoms with Crippen LogP contribution in [0.1, 0.15) is 60.6 Å². The summed E-state index contributed by atoms with van der Waals surface area (Å²) in [6.45, 7) is 3.47. The van der Waals surface area contributed by atoms with E-state index in [1.165, 1.54) is 28.6 Å². The van der Waals surface area contributed by atoms with Crippen molar-refractivity contribution >= 4 is 17.6 Å². The second-order valence-electron chi connectivity index (χ2n) is 8.27.